The maximum absolute atomic E-state index is 11.0. The summed E-state index contributed by atoms with van der Waals surface area (Å²) >= 11 is 2.92. The normalized spacial score (nSPS) is 23.9. The fourth-order valence-corrected chi connectivity index (χ4v) is 4.07. The molecule has 0 radical (unpaired) electrons. The van der Waals surface area contributed by atoms with Gasteiger partial charge < -0.3 is 0 Å². The molecule has 0 saturated heterocycles. The smallest absolute Gasteiger partial charge is 0.205 e. The Morgan fingerprint density at radius 2 is 2.36 bits per heavy atom. The minimum atomic E-state index is -3.13. The van der Waals surface area contributed by atoms with Gasteiger partial charge in [0.05, 0.1) is 5.75 Å². The Bertz CT molecular complexity index is 257. The van der Waals surface area contributed by atoms with Crippen molar-refractivity contribution in [3.8, 4) is 0 Å². The molecule has 64 valence electrons. The summed E-state index contributed by atoms with van der Waals surface area (Å²) in [6.45, 7) is 0. The number of rotatable bonds is 0. The van der Waals surface area contributed by atoms with Gasteiger partial charge in [0, 0.05) is 5.75 Å². The second kappa shape index (κ2) is 3.82. The molecule has 0 unspecified atom stereocenters. The second-order valence-electron chi connectivity index (χ2n) is 2.05. The van der Waals surface area contributed by atoms with Crippen molar-refractivity contribution in [3.05, 3.63) is 0 Å². The van der Waals surface area contributed by atoms with Crippen LogP contribution in [0.2, 0.25) is 0 Å². The Morgan fingerprint density at radius 3 is 3.00 bits per heavy atom. The molecular formula is C5H9NO2S3. The van der Waals surface area contributed by atoms with Crippen LogP contribution in [0.25, 0.3) is 0 Å². The summed E-state index contributed by atoms with van der Waals surface area (Å²) in [6, 6.07) is 0. The average molecular weight is 211 g/mol. The molecule has 0 spiro atoms. The van der Waals surface area contributed by atoms with Crippen molar-refractivity contribution in [1.29, 1.82) is 0 Å². The lowest BCUT2D eigenvalue weighted by molar-refractivity contribution is 0.597. The van der Waals surface area contributed by atoms with Gasteiger partial charge in [0.25, 0.3) is 10.0 Å². The molecule has 0 bridgehead atoms. The summed E-state index contributed by atoms with van der Waals surface area (Å²) in [7, 11) is -3.13. The molecule has 0 fully saturated rings. The maximum Gasteiger partial charge on any atom is 0.254 e. The molecule has 1 heterocycles. The quantitative estimate of drug-likeness (QED) is 0.603. The van der Waals surface area contributed by atoms with Crippen LogP contribution in [0.3, 0.4) is 0 Å². The summed E-state index contributed by atoms with van der Waals surface area (Å²) < 4.78 is 26.4. The van der Waals surface area contributed by atoms with Crippen molar-refractivity contribution in [2.24, 2.45) is 4.40 Å². The van der Waals surface area contributed by atoms with E-state index in [0.29, 0.717) is 10.8 Å². The van der Waals surface area contributed by atoms with E-state index >= 15 is 0 Å². The third-order valence-corrected chi connectivity index (χ3v) is 4.78. The Morgan fingerprint density at radius 1 is 1.64 bits per heavy atom. The lowest BCUT2D eigenvalue weighted by atomic mass is 10.6. The molecule has 6 heteroatoms. The summed E-state index contributed by atoms with van der Waals surface area (Å²) in [5, 5.41) is 0. The van der Waals surface area contributed by atoms with Crippen molar-refractivity contribution in [1.82, 2.24) is 0 Å². The highest BCUT2D eigenvalue weighted by Crippen LogP contribution is 2.20. The highest BCUT2D eigenvalue weighted by Gasteiger charge is 2.14. The first-order valence-corrected chi connectivity index (χ1v) is 6.95. The zero-order valence-electron chi connectivity index (χ0n) is 6.11. The molecule has 11 heavy (non-hydrogen) atoms. The molecule has 0 aromatic heterocycles. The summed E-state index contributed by atoms with van der Waals surface area (Å²) in [5.74, 6) is 1.06. The van der Waals surface area contributed by atoms with Crippen molar-refractivity contribution in [2.45, 2.75) is 6.42 Å². The van der Waals surface area contributed by atoms with E-state index in [-0.39, 0.29) is 5.75 Å². The number of thioether (sulfide) groups is 2. The number of hydrogen-bond donors (Lipinski definition) is 0. The van der Waals surface area contributed by atoms with Crippen molar-refractivity contribution >= 4 is 37.9 Å². The monoisotopic (exact) mass is 211 g/mol. The first kappa shape index (κ1) is 9.41. The molecule has 0 aromatic carbocycles. The number of sulfonamides is 1. The third kappa shape index (κ3) is 3.04. The van der Waals surface area contributed by atoms with Crippen molar-refractivity contribution in [3.63, 3.8) is 0 Å². The Kier molecular flexibility index (Phi) is 3.27. The molecule has 3 nitrogen and oxygen atoms in total. The van der Waals surface area contributed by atoms with Crippen LogP contribution in [-0.4, -0.2) is 30.6 Å². The molecule has 1 aliphatic heterocycles. The van der Waals surface area contributed by atoms with E-state index in [0.717, 1.165) is 5.75 Å². The summed E-state index contributed by atoms with van der Waals surface area (Å²) in [6.07, 6.45) is 2.55. The first-order chi connectivity index (χ1) is 5.14. The van der Waals surface area contributed by atoms with Gasteiger partial charge in [-0.2, -0.15) is 0 Å². The Hall–Kier alpha value is 0.320. The SMILES string of the molecule is CSC1=NS(=O)(=O)CCCS1. The molecule has 0 amide bonds. The second-order valence-corrected chi connectivity index (χ2v) is 5.94. The Balaban J connectivity index is 2.86. The summed E-state index contributed by atoms with van der Waals surface area (Å²) in [5.41, 5.74) is 0. The standard InChI is InChI=1S/C5H9NO2S3/c1-9-5-6-11(7,8)4-2-3-10-5/h2-4H2,1H3. The minimum absolute atomic E-state index is 0.198. The van der Waals surface area contributed by atoms with E-state index in [9.17, 15) is 8.42 Å². The van der Waals surface area contributed by atoms with Gasteiger partial charge >= 0.3 is 0 Å². The molecule has 0 aliphatic carbocycles. The highest BCUT2D eigenvalue weighted by molar-refractivity contribution is 8.39. The van der Waals surface area contributed by atoms with Gasteiger partial charge in [-0.3, -0.25) is 0 Å². The van der Waals surface area contributed by atoms with Gasteiger partial charge in [-0.15, -0.1) is 16.2 Å². The van der Waals surface area contributed by atoms with Gasteiger partial charge in [0.1, 0.15) is 4.38 Å². The predicted molar refractivity (Wildman–Crippen MR) is 51.8 cm³/mol. The lowest BCUT2D eigenvalue weighted by Gasteiger charge is -1.94. The number of nitrogens with zero attached hydrogens (tertiary/aromatic N) is 1. The molecule has 1 aliphatic rings. The van der Waals surface area contributed by atoms with Gasteiger partial charge in [0.15, 0.2) is 0 Å². The first-order valence-electron chi connectivity index (χ1n) is 3.13. The zero-order chi connectivity index (χ0) is 8.32. The molecule has 0 atom stereocenters. The topological polar surface area (TPSA) is 46.5 Å². The van der Waals surface area contributed by atoms with Crippen LogP contribution in [0, 0.1) is 0 Å². The van der Waals surface area contributed by atoms with Gasteiger partial charge in [-0.25, -0.2) is 8.42 Å². The maximum atomic E-state index is 11.0. The van der Waals surface area contributed by atoms with Crippen LogP contribution in [0.4, 0.5) is 0 Å². The number of hydrogen-bond acceptors (Lipinski definition) is 4. The highest BCUT2D eigenvalue weighted by atomic mass is 32.2. The summed E-state index contributed by atoms with van der Waals surface area (Å²) in [4.78, 5) is 0. The van der Waals surface area contributed by atoms with E-state index in [1.54, 1.807) is 0 Å². The van der Waals surface area contributed by atoms with Crippen LogP contribution < -0.4 is 0 Å². The third-order valence-electron chi connectivity index (χ3n) is 1.16. The molecular weight excluding hydrogens is 202 g/mol. The van der Waals surface area contributed by atoms with Crippen molar-refractivity contribution < 1.29 is 8.42 Å². The van der Waals surface area contributed by atoms with E-state index in [1.165, 1.54) is 23.5 Å². The fourth-order valence-electron chi connectivity index (χ4n) is 0.683. The van der Waals surface area contributed by atoms with E-state index in [4.69, 9.17) is 0 Å². The minimum Gasteiger partial charge on any atom is -0.205 e. The molecule has 0 aromatic rings. The fraction of sp³-hybridized carbons (Fsp3) is 0.800. The Labute approximate surface area is 75.1 Å². The van der Waals surface area contributed by atoms with Crippen LogP contribution in [0.1, 0.15) is 6.42 Å². The van der Waals surface area contributed by atoms with Crippen LogP contribution in [-0.2, 0) is 10.0 Å². The van der Waals surface area contributed by atoms with E-state index in [2.05, 4.69) is 4.40 Å². The average Bonchev–Trinajstić information content (AvgIpc) is 2.10. The molecule has 1 rings (SSSR count). The van der Waals surface area contributed by atoms with Crippen LogP contribution in [0.5, 0.6) is 0 Å². The van der Waals surface area contributed by atoms with Gasteiger partial charge in [0.2, 0.25) is 0 Å². The lowest BCUT2D eigenvalue weighted by Crippen LogP contribution is -2.01. The van der Waals surface area contributed by atoms with Gasteiger partial charge in [-0.1, -0.05) is 11.8 Å². The predicted octanol–water partition coefficient (Wildman–Crippen LogP) is 1.17. The molecule has 0 N–H and O–H groups in total. The molecule has 0 saturated carbocycles. The van der Waals surface area contributed by atoms with Crippen molar-refractivity contribution in [2.75, 3.05) is 17.8 Å². The largest absolute Gasteiger partial charge is 0.254 e. The zero-order valence-corrected chi connectivity index (χ0v) is 8.56. The van der Waals surface area contributed by atoms with E-state index < -0.39 is 10.0 Å². The van der Waals surface area contributed by atoms with Crippen LogP contribution >= 0.6 is 23.5 Å². The van der Waals surface area contributed by atoms with E-state index in [1.807, 2.05) is 6.26 Å². The van der Waals surface area contributed by atoms with Gasteiger partial charge in [-0.05, 0) is 12.7 Å². The van der Waals surface area contributed by atoms with Crippen LogP contribution in [0.15, 0.2) is 4.40 Å².